The Bertz CT molecular complexity index is 606. The highest BCUT2D eigenvalue weighted by atomic mass is 16.1. The molecule has 0 radical (unpaired) electrons. The first-order valence-corrected chi connectivity index (χ1v) is 7.86. The Labute approximate surface area is 126 Å². The van der Waals surface area contributed by atoms with Crippen molar-refractivity contribution in [1.29, 1.82) is 0 Å². The van der Waals surface area contributed by atoms with Gasteiger partial charge in [0.1, 0.15) is 0 Å². The average molecular weight is 282 g/mol. The van der Waals surface area contributed by atoms with Gasteiger partial charge in [-0.25, -0.2) is 0 Å². The topological polar surface area (TPSA) is 34.9 Å². The number of hydrogen-bond acceptors (Lipinski definition) is 2. The maximum absolute atomic E-state index is 12.3. The van der Waals surface area contributed by atoms with Gasteiger partial charge in [-0.2, -0.15) is 5.10 Å². The Morgan fingerprint density at radius 2 is 1.86 bits per heavy atom. The first kappa shape index (κ1) is 14.1. The fourth-order valence-electron chi connectivity index (χ4n) is 3.03. The number of ketones is 1. The second-order valence-electron chi connectivity index (χ2n) is 6.04. The maximum Gasteiger partial charge on any atom is 0.168 e. The summed E-state index contributed by atoms with van der Waals surface area (Å²) in [7, 11) is 0. The lowest BCUT2D eigenvalue weighted by molar-refractivity contribution is 0.0991. The van der Waals surface area contributed by atoms with Crippen molar-refractivity contribution in [2.24, 2.45) is 0 Å². The van der Waals surface area contributed by atoms with Gasteiger partial charge >= 0.3 is 0 Å². The van der Waals surface area contributed by atoms with Gasteiger partial charge in [0.25, 0.3) is 0 Å². The molecule has 3 heteroatoms. The van der Waals surface area contributed by atoms with Crippen LogP contribution in [0.25, 0.3) is 0 Å². The number of carbonyl (C=O) groups excluding carboxylic acids is 1. The summed E-state index contributed by atoms with van der Waals surface area (Å²) in [5.74, 6) is 0.142. The molecule has 0 aliphatic heterocycles. The molecule has 0 saturated heterocycles. The number of nitrogens with zero attached hydrogens (tertiary/aromatic N) is 2. The summed E-state index contributed by atoms with van der Waals surface area (Å²) in [6, 6.07) is 10.3. The van der Waals surface area contributed by atoms with Crippen LogP contribution >= 0.6 is 0 Å². The van der Waals surface area contributed by atoms with Crippen LogP contribution in [-0.2, 0) is 6.42 Å². The van der Waals surface area contributed by atoms with E-state index in [0.29, 0.717) is 12.5 Å². The molecule has 1 heterocycles. The summed E-state index contributed by atoms with van der Waals surface area (Å²) in [6.45, 7) is 2.03. The van der Waals surface area contributed by atoms with E-state index in [2.05, 4.69) is 9.78 Å². The highest BCUT2D eigenvalue weighted by Crippen LogP contribution is 2.27. The van der Waals surface area contributed by atoms with Crippen molar-refractivity contribution in [3.63, 3.8) is 0 Å². The Kier molecular flexibility index (Phi) is 4.18. The first-order chi connectivity index (χ1) is 10.2. The van der Waals surface area contributed by atoms with Gasteiger partial charge in [0.2, 0.25) is 0 Å². The summed E-state index contributed by atoms with van der Waals surface area (Å²) < 4.78 is 2.07. The Morgan fingerprint density at radius 3 is 2.57 bits per heavy atom. The Morgan fingerprint density at radius 1 is 1.14 bits per heavy atom. The summed E-state index contributed by atoms with van der Waals surface area (Å²) >= 11 is 0. The second-order valence-corrected chi connectivity index (χ2v) is 6.04. The van der Waals surface area contributed by atoms with E-state index < -0.39 is 0 Å². The third-order valence-corrected chi connectivity index (χ3v) is 4.33. The fourth-order valence-corrected chi connectivity index (χ4v) is 3.03. The molecule has 21 heavy (non-hydrogen) atoms. The normalized spacial score (nSPS) is 16.0. The van der Waals surface area contributed by atoms with Crippen LogP contribution in [0.5, 0.6) is 0 Å². The van der Waals surface area contributed by atoms with E-state index in [-0.39, 0.29) is 5.78 Å². The summed E-state index contributed by atoms with van der Waals surface area (Å²) in [6.07, 6.45) is 8.79. The van der Waals surface area contributed by atoms with E-state index >= 15 is 0 Å². The Balaban J connectivity index is 1.66. The quantitative estimate of drug-likeness (QED) is 0.791. The molecule has 1 fully saturated rings. The predicted molar refractivity (Wildman–Crippen MR) is 83.6 cm³/mol. The van der Waals surface area contributed by atoms with Crippen LogP contribution in [0.15, 0.2) is 36.5 Å². The average Bonchev–Trinajstić information content (AvgIpc) is 2.97. The summed E-state index contributed by atoms with van der Waals surface area (Å²) in [4.78, 5) is 12.3. The molecule has 0 atom stereocenters. The third-order valence-electron chi connectivity index (χ3n) is 4.33. The zero-order chi connectivity index (χ0) is 14.7. The van der Waals surface area contributed by atoms with Gasteiger partial charge in [0, 0.05) is 11.8 Å². The molecule has 0 bridgehead atoms. The molecule has 110 valence electrons. The van der Waals surface area contributed by atoms with Crippen LogP contribution in [0.4, 0.5) is 0 Å². The number of carbonyl (C=O) groups is 1. The SMILES string of the molecule is Cc1ccc(C(=O)Cc2ccn(C3CCCCC3)n2)cc1. The Hall–Kier alpha value is -1.90. The van der Waals surface area contributed by atoms with Crippen LogP contribution in [0, 0.1) is 6.92 Å². The highest BCUT2D eigenvalue weighted by Gasteiger charge is 2.17. The molecular weight excluding hydrogens is 260 g/mol. The van der Waals surface area contributed by atoms with Crippen LogP contribution < -0.4 is 0 Å². The molecule has 0 amide bonds. The minimum absolute atomic E-state index is 0.142. The molecular formula is C18H22N2O. The van der Waals surface area contributed by atoms with Crippen molar-refractivity contribution in [2.45, 2.75) is 51.5 Å². The van der Waals surface area contributed by atoms with E-state index in [4.69, 9.17) is 0 Å². The monoisotopic (exact) mass is 282 g/mol. The van der Waals surface area contributed by atoms with Crippen molar-refractivity contribution in [3.05, 3.63) is 53.3 Å². The molecule has 3 rings (SSSR count). The lowest BCUT2D eigenvalue weighted by atomic mass is 9.96. The van der Waals surface area contributed by atoms with Crippen LogP contribution in [0.3, 0.4) is 0 Å². The molecule has 1 aromatic heterocycles. The number of aryl methyl sites for hydroxylation is 1. The summed E-state index contributed by atoms with van der Waals surface area (Å²) in [5, 5.41) is 4.61. The lowest BCUT2D eigenvalue weighted by Gasteiger charge is -2.21. The molecule has 3 nitrogen and oxygen atoms in total. The van der Waals surface area contributed by atoms with E-state index in [0.717, 1.165) is 11.3 Å². The number of Topliss-reactive ketones (excluding diaryl/α,β-unsaturated/α-hetero) is 1. The first-order valence-electron chi connectivity index (χ1n) is 7.86. The smallest absolute Gasteiger partial charge is 0.168 e. The molecule has 1 aliphatic rings. The molecule has 0 N–H and O–H groups in total. The third kappa shape index (κ3) is 3.41. The molecule has 1 aromatic carbocycles. The lowest BCUT2D eigenvalue weighted by Crippen LogP contribution is -2.14. The van der Waals surface area contributed by atoms with Crippen molar-refractivity contribution >= 4 is 5.78 Å². The van der Waals surface area contributed by atoms with Gasteiger partial charge in [0.15, 0.2) is 5.78 Å². The number of aromatic nitrogens is 2. The van der Waals surface area contributed by atoms with Gasteiger partial charge in [-0.1, -0.05) is 49.1 Å². The standard InChI is InChI=1S/C18H22N2O/c1-14-7-9-15(10-8-14)18(21)13-16-11-12-20(19-16)17-5-3-2-4-6-17/h7-12,17H,2-6,13H2,1H3. The van der Waals surface area contributed by atoms with Crippen LogP contribution in [-0.4, -0.2) is 15.6 Å². The molecule has 2 aromatic rings. The number of benzene rings is 1. The van der Waals surface area contributed by atoms with Crippen molar-refractivity contribution in [3.8, 4) is 0 Å². The highest BCUT2D eigenvalue weighted by molar-refractivity contribution is 5.97. The van der Waals surface area contributed by atoms with Crippen molar-refractivity contribution < 1.29 is 4.79 Å². The fraction of sp³-hybridized carbons (Fsp3) is 0.444. The summed E-state index contributed by atoms with van der Waals surface area (Å²) in [5.41, 5.74) is 2.83. The number of hydrogen-bond donors (Lipinski definition) is 0. The van der Waals surface area contributed by atoms with Gasteiger partial charge in [-0.15, -0.1) is 0 Å². The van der Waals surface area contributed by atoms with Crippen LogP contribution in [0.2, 0.25) is 0 Å². The van der Waals surface area contributed by atoms with E-state index in [1.54, 1.807) is 0 Å². The van der Waals surface area contributed by atoms with Gasteiger partial charge in [-0.05, 0) is 25.8 Å². The zero-order valence-corrected chi connectivity index (χ0v) is 12.6. The van der Waals surface area contributed by atoms with E-state index in [9.17, 15) is 4.79 Å². The zero-order valence-electron chi connectivity index (χ0n) is 12.6. The van der Waals surface area contributed by atoms with Crippen LogP contribution in [0.1, 0.15) is 59.8 Å². The molecule has 0 unspecified atom stereocenters. The molecule has 1 saturated carbocycles. The van der Waals surface area contributed by atoms with E-state index in [1.807, 2.05) is 43.5 Å². The molecule has 1 aliphatic carbocycles. The maximum atomic E-state index is 12.3. The predicted octanol–water partition coefficient (Wildman–Crippen LogP) is 4.12. The van der Waals surface area contributed by atoms with Crippen molar-refractivity contribution in [2.75, 3.05) is 0 Å². The van der Waals surface area contributed by atoms with Gasteiger partial charge in [-0.3, -0.25) is 9.48 Å². The minimum atomic E-state index is 0.142. The second kappa shape index (κ2) is 6.25. The van der Waals surface area contributed by atoms with E-state index in [1.165, 1.54) is 37.7 Å². The van der Waals surface area contributed by atoms with Gasteiger partial charge in [0.05, 0.1) is 18.2 Å². The van der Waals surface area contributed by atoms with Gasteiger partial charge < -0.3 is 0 Å². The largest absolute Gasteiger partial charge is 0.294 e. The number of rotatable bonds is 4. The minimum Gasteiger partial charge on any atom is -0.294 e. The van der Waals surface area contributed by atoms with Crippen molar-refractivity contribution in [1.82, 2.24) is 9.78 Å². The molecule has 0 spiro atoms.